The maximum absolute atomic E-state index is 14.0. The molecule has 1 aromatic carbocycles. The van der Waals surface area contributed by atoms with Crippen molar-refractivity contribution in [2.75, 3.05) is 13.7 Å². The predicted octanol–water partition coefficient (Wildman–Crippen LogP) is 3.84. The van der Waals surface area contributed by atoms with Gasteiger partial charge in [0.2, 0.25) is 11.8 Å². The Morgan fingerprint density at radius 3 is 2.28 bits per heavy atom. The maximum Gasteiger partial charge on any atom is 0.408 e. The SMILES string of the molecule is C=Cc1cccc(C(C(=O)NCC(=O)OC)N(C(=O)C(NC(=O)OC(C)(C)C)C(C)CC)C(C)C)c1. The standard InChI is InChI=1S/C27H41N3O6/c1-10-18(5)22(29-26(34)36-27(6,7)8)25(33)30(17(3)4)23(24(32)28-16-21(31)35-9)20-14-12-13-19(11-2)15-20/h11-15,17-18,22-23H,2,10,16H2,1,3-9H3,(H,28,32)(H,29,34). The first-order chi connectivity index (χ1) is 16.7. The maximum atomic E-state index is 14.0. The van der Waals surface area contributed by atoms with Gasteiger partial charge in [-0.25, -0.2) is 4.79 Å². The van der Waals surface area contributed by atoms with Gasteiger partial charge in [-0.3, -0.25) is 14.4 Å². The first kappa shape index (κ1) is 30.7. The molecule has 200 valence electrons. The molecule has 36 heavy (non-hydrogen) atoms. The first-order valence-corrected chi connectivity index (χ1v) is 12.1. The molecule has 0 radical (unpaired) electrons. The van der Waals surface area contributed by atoms with Crippen LogP contribution in [0.15, 0.2) is 30.8 Å². The summed E-state index contributed by atoms with van der Waals surface area (Å²) in [5.74, 6) is -1.85. The smallest absolute Gasteiger partial charge is 0.408 e. The molecule has 0 aliphatic heterocycles. The molecule has 1 rings (SSSR count). The third-order valence-corrected chi connectivity index (χ3v) is 5.59. The van der Waals surface area contributed by atoms with E-state index in [9.17, 15) is 19.2 Å². The Kier molecular flexibility index (Phi) is 11.6. The molecule has 0 aromatic heterocycles. The third kappa shape index (κ3) is 9.02. The Hall–Kier alpha value is -3.36. The molecule has 9 heteroatoms. The molecular formula is C27H41N3O6. The van der Waals surface area contributed by atoms with Crippen molar-refractivity contribution >= 4 is 30.0 Å². The lowest BCUT2D eigenvalue weighted by atomic mass is 9.94. The van der Waals surface area contributed by atoms with Crippen LogP contribution in [0, 0.1) is 5.92 Å². The first-order valence-electron chi connectivity index (χ1n) is 12.1. The minimum absolute atomic E-state index is 0.246. The number of alkyl carbamates (subject to hydrolysis) is 1. The van der Waals surface area contributed by atoms with Gasteiger partial charge in [0.15, 0.2) is 0 Å². The Labute approximate surface area is 214 Å². The fourth-order valence-corrected chi connectivity index (χ4v) is 3.58. The summed E-state index contributed by atoms with van der Waals surface area (Å²) in [4.78, 5) is 53.2. The van der Waals surface area contributed by atoms with E-state index in [1.165, 1.54) is 12.0 Å². The summed E-state index contributed by atoms with van der Waals surface area (Å²) < 4.78 is 10.0. The van der Waals surface area contributed by atoms with Crippen LogP contribution in [-0.2, 0) is 23.9 Å². The van der Waals surface area contributed by atoms with Crippen LogP contribution in [0.1, 0.15) is 72.1 Å². The van der Waals surface area contributed by atoms with E-state index >= 15 is 0 Å². The Balaban J connectivity index is 3.53. The zero-order valence-electron chi connectivity index (χ0n) is 22.7. The zero-order chi connectivity index (χ0) is 27.6. The van der Waals surface area contributed by atoms with E-state index < -0.39 is 47.6 Å². The number of ether oxygens (including phenoxy) is 2. The van der Waals surface area contributed by atoms with Crippen LogP contribution in [0.5, 0.6) is 0 Å². The molecule has 9 nitrogen and oxygen atoms in total. The minimum atomic E-state index is -1.07. The quantitative estimate of drug-likeness (QED) is 0.444. The molecular weight excluding hydrogens is 462 g/mol. The monoisotopic (exact) mass is 503 g/mol. The molecule has 2 N–H and O–H groups in total. The largest absolute Gasteiger partial charge is 0.468 e. The molecule has 3 atom stereocenters. The molecule has 3 unspecified atom stereocenters. The number of hydrogen-bond acceptors (Lipinski definition) is 6. The van der Waals surface area contributed by atoms with E-state index in [1.54, 1.807) is 58.9 Å². The van der Waals surface area contributed by atoms with E-state index in [0.29, 0.717) is 12.0 Å². The summed E-state index contributed by atoms with van der Waals surface area (Å²) in [6, 6.07) is 4.65. The Morgan fingerprint density at radius 2 is 1.78 bits per heavy atom. The van der Waals surface area contributed by atoms with Crippen molar-refractivity contribution in [3.05, 3.63) is 42.0 Å². The van der Waals surface area contributed by atoms with Crippen molar-refractivity contribution in [2.24, 2.45) is 5.92 Å². The number of carbonyl (C=O) groups is 4. The second-order valence-corrected chi connectivity index (χ2v) is 9.92. The Morgan fingerprint density at radius 1 is 1.14 bits per heavy atom. The van der Waals surface area contributed by atoms with E-state index in [1.807, 2.05) is 19.9 Å². The van der Waals surface area contributed by atoms with Gasteiger partial charge in [0, 0.05) is 6.04 Å². The van der Waals surface area contributed by atoms with Crippen molar-refractivity contribution in [1.29, 1.82) is 0 Å². The minimum Gasteiger partial charge on any atom is -0.468 e. The number of hydrogen-bond donors (Lipinski definition) is 2. The van der Waals surface area contributed by atoms with Crippen molar-refractivity contribution in [1.82, 2.24) is 15.5 Å². The van der Waals surface area contributed by atoms with E-state index in [2.05, 4.69) is 21.9 Å². The lowest BCUT2D eigenvalue weighted by Gasteiger charge is -2.38. The van der Waals surface area contributed by atoms with Gasteiger partial charge in [0.05, 0.1) is 7.11 Å². The summed E-state index contributed by atoms with van der Waals surface area (Å²) in [5, 5.41) is 5.28. The lowest BCUT2D eigenvalue weighted by molar-refractivity contribution is -0.146. The van der Waals surface area contributed by atoms with Crippen molar-refractivity contribution in [3.8, 4) is 0 Å². The average Bonchev–Trinajstić information content (AvgIpc) is 2.81. The molecule has 0 fully saturated rings. The second-order valence-electron chi connectivity index (χ2n) is 9.92. The number of amides is 3. The highest BCUT2D eigenvalue weighted by molar-refractivity contribution is 5.93. The highest BCUT2D eigenvalue weighted by Crippen LogP contribution is 2.27. The third-order valence-electron chi connectivity index (χ3n) is 5.59. The number of methoxy groups -OCH3 is 1. The van der Waals surface area contributed by atoms with Crippen LogP contribution in [-0.4, -0.2) is 60.1 Å². The number of nitrogens with one attached hydrogen (secondary N) is 2. The van der Waals surface area contributed by atoms with E-state index in [4.69, 9.17) is 4.74 Å². The average molecular weight is 504 g/mol. The fraction of sp³-hybridized carbons (Fsp3) is 0.556. The van der Waals surface area contributed by atoms with E-state index in [0.717, 1.165) is 5.56 Å². The topological polar surface area (TPSA) is 114 Å². The highest BCUT2D eigenvalue weighted by atomic mass is 16.6. The lowest BCUT2D eigenvalue weighted by Crippen LogP contribution is -2.57. The molecule has 1 aromatic rings. The molecule has 0 saturated heterocycles. The van der Waals surface area contributed by atoms with Crippen molar-refractivity contribution in [2.45, 2.75) is 78.6 Å². The van der Waals surface area contributed by atoms with Gasteiger partial charge in [-0.2, -0.15) is 0 Å². The van der Waals surface area contributed by atoms with E-state index in [-0.39, 0.29) is 12.5 Å². The van der Waals surface area contributed by atoms with Crippen LogP contribution in [0.25, 0.3) is 6.08 Å². The van der Waals surface area contributed by atoms with Gasteiger partial charge in [0.1, 0.15) is 24.2 Å². The number of nitrogens with zero attached hydrogens (tertiary/aromatic N) is 1. The fourth-order valence-electron chi connectivity index (χ4n) is 3.58. The molecule has 0 saturated carbocycles. The van der Waals surface area contributed by atoms with Crippen molar-refractivity contribution in [3.63, 3.8) is 0 Å². The summed E-state index contributed by atoms with van der Waals surface area (Å²) >= 11 is 0. The molecule has 0 heterocycles. The van der Waals surface area contributed by atoms with Gasteiger partial charge in [-0.1, -0.05) is 51.1 Å². The number of benzene rings is 1. The molecule has 0 aliphatic carbocycles. The van der Waals surface area contributed by atoms with Gasteiger partial charge in [-0.15, -0.1) is 0 Å². The molecule has 0 aliphatic rings. The van der Waals surface area contributed by atoms with Gasteiger partial charge >= 0.3 is 12.1 Å². The van der Waals surface area contributed by atoms with Gasteiger partial charge in [0.25, 0.3) is 0 Å². The number of carbonyl (C=O) groups excluding carboxylic acids is 4. The molecule has 3 amide bonds. The summed E-state index contributed by atoms with van der Waals surface area (Å²) in [7, 11) is 1.22. The van der Waals surface area contributed by atoms with Crippen LogP contribution < -0.4 is 10.6 Å². The van der Waals surface area contributed by atoms with Crippen LogP contribution in [0.4, 0.5) is 4.79 Å². The zero-order valence-corrected chi connectivity index (χ0v) is 22.7. The van der Waals surface area contributed by atoms with Crippen LogP contribution >= 0.6 is 0 Å². The Bertz CT molecular complexity index is 938. The number of rotatable bonds is 11. The van der Waals surface area contributed by atoms with Crippen LogP contribution in [0.2, 0.25) is 0 Å². The second kappa shape index (κ2) is 13.7. The summed E-state index contributed by atoms with van der Waals surface area (Å²) in [6.07, 6.45) is 1.52. The van der Waals surface area contributed by atoms with Gasteiger partial charge in [-0.05, 0) is 57.7 Å². The summed E-state index contributed by atoms with van der Waals surface area (Å²) in [6.45, 7) is 16.0. The van der Waals surface area contributed by atoms with Crippen molar-refractivity contribution < 1.29 is 28.7 Å². The van der Waals surface area contributed by atoms with Crippen LogP contribution in [0.3, 0.4) is 0 Å². The predicted molar refractivity (Wildman–Crippen MR) is 139 cm³/mol. The summed E-state index contributed by atoms with van der Waals surface area (Å²) in [5.41, 5.74) is 0.559. The molecule has 0 bridgehead atoms. The number of esters is 1. The molecule has 0 spiro atoms. The normalized spacial score (nSPS) is 13.7. The van der Waals surface area contributed by atoms with Gasteiger partial charge < -0.3 is 25.0 Å². The highest BCUT2D eigenvalue weighted by Gasteiger charge is 2.39.